The van der Waals surface area contributed by atoms with Crippen molar-refractivity contribution in [3.05, 3.63) is 47.3 Å². The van der Waals surface area contributed by atoms with E-state index in [0.717, 1.165) is 35.7 Å². The Morgan fingerprint density at radius 3 is 2.80 bits per heavy atom. The monoisotopic (exact) mass is 269 g/mol. The molecule has 0 atom stereocenters. The maximum absolute atomic E-state index is 8.91. The Morgan fingerprint density at radius 1 is 1.20 bits per heavy atom. The molecular weight excluding hydrogens is 254 g/mol. The van der Waals surface area contributed by atoms with Crippen LogP contribution in [0.1, 0.15) is 16.8 Å². The van der Waals surface area contributed by atoms with Gasteiger partial charge in [-0.3, -0.25) is 0 Å². The smallest absolute Gasteiger partial charge is 0.231 e. The van der Waals surface area contributed by atoms with Crippen LogP contribution in [-0.4, -0.2) is 11.4 Å². The van der Waals surface area contributed by atoms with Crippen LogP contribution in [0.2, 0.25) is 0 Å². The molecule has 0 unspecified atom stereocenters. The Balaban J connectivity index is 1.58. The van der Waals surface area contributed by atoms with Crippen molar-refractivity contribution in [3.8, 4) is 17.6 Å². The molecule has 0 bridgehead atoms. The predicted molar refractivity (Wildman–Crippen MR) is 73.2 cm³/mol. The fraction of sp³-hybridized carbons (Fsp3) is 0.267. The van der Waals surface area contributed by atoms with Gasteiger partial charge in [-0.15, -0.1) is 0 Å². The molecule has 1 N–H and O–H groups in total. The Bertz CT molecular complexity index is 670. The molecule has 1 aliphatic rings. The van der Waals surface area contributed by atoms with E-state index in [2.05, 4.69) is 11.4 Å². The topological polar surface area (TPSA) is 59.2 Å². The van der Waals surface area contributed by atoms with Crippen LogP contribution in [0.4, 0.5) is 0 Å². The molecule has 5 nitrogen and oxygen atoms in total. The number of hydrogen-bond donors (Lipinski definition) is 1. The van der Waals surface area contributed by atoms with Crippen molar-refractivity contribution in [2.75, 3.05) is 6.79 Å². The van der Waals surface area contributed by atoms with Crippen molar-refractivity contribution < 1.29 is 9.47 Å². The molecule has 0 saturated carbocycles. The second-order valence-electron chi connectivity index (χ2n) is 4.75. The van der Waals surface area contributed by atoms with Crippen molar-refractivity contribution in [1.29, 1.82) is 5.26 Å². The van der Waals surface area contributed by atoms with Crippen LogP contribution >= 0.6 is 0 Å². The van der Waals surface area contributed by atoms with Gasteiger partial charge in [0.1, 0.15) is 11.8 Å². The van der Waals surface area contributed by atoms with Crippen molar-refractivity contribution in [2.45, 2.75) is 13.1 Å². The first-order valence-corrected chi connectivity index (χ1v) is 6.41. The van der Waals surface area contributed by atoms with Gasteiger partial charge in [-0.1, -0.05) is 6.07 Å². The van der Waals surface area contributed by atoms with Crippen molar-refractivity contribution in [2.24, 2.45) is 7.05 Å². The molecule has 1 aromatic heterocycles. The number of ether oxygens (including phenoxy) is 2. The van der Waals surface area contributed by atoms with E-state index in [0.29, 0.717) is 12.5 Å². The van der Waals surface area contributed by atoms with E-state index in [1.54, 1.807) is 0 Å². The highest BCUT2D eigenvalue weighted by atomic mass is 16.7. The first-order chi connectivity index (χ1) is 9.76. The molecule has 0 aliphatic carbocycles. The van der Waals surface area contributed by atoms with Crippen LogP contribution in [0.15, 0.2) is 30.5 Å². The van der Waals surface area contributed by atoms with Gasteiger partial charge in [0, 0.05) is 26.3 Å². The summed E-state index contributed by atoms with van der Waals surface area (Å²) < 4.78 is 12.5. The van der Waals surface area contributed by atoms with E-state index in [1.807, 2.05) is 42.1 Å². The molecule has 0 saturated heterocycles. The van der Waals surface area contributed by atoms with Gasteiger partial charge in [0.25, 0.3) is 0 Å². The average molecular weight is 269 g/mol. The second kappa shape index (κ2) is 5.27. The summed E-state index contributed by atoms with van der Waals surface area (Å²) in [6.07, 6.45) is 1.96. The van der Waals surface area contributed by atoms with E-state index in [9.17, 15) is 0 Å². The lowest BCUT2D eigenvalue weighted by Gasteiger charge is -2.04. The fourth-order valence-electron chi connectivity index (χ4n) is 2.24. The molecule has 20 heavy (non-hydrogen) atoms. The van der Waals surface area contributed by atoms with Crippen molar-refractivity contribution >= 4 is 0 Å². The SMILES string of the molecule is Cn1cc(CNCc2ccc3c(c2)OCO3)cc1C#N. The van der Waals surface area contributed by atoms with Gasteiger partial charge in [0.15, 0.2) is 11.5 Å². The standard InChI is InChI=1S/C15H15N3O2/c1-18-9-12(4-13(18)6-16)8-17-7-11-2-3-14-15(5-11)20-10-19-14/h2-5,9,17H,7-8,10H2,1H3. The molecule has 2 aromatic rings. The zero-order valence-electron chi connectivity index (χ0n) is 11.2. The van der Waals surface area contributed by atoms with Crippen LogP contribution in [0, 0.1) is 11.3 Å². The van der Waals surface area contributed by atoms with Gasteiger partial charge >= 0.3 is 0 Å². The third-order valence-corrected chi connectivity index (χ3v) is 3.27. The zero-order valence-corrected chi connectivity index (χ0v) is 11.2. The van der Waals surface area contributed by atoms with Crippen LogP contribution < -0.4 is 14.8 Å². The Labute approximate surface area is 117 Å². The lowest BCUT2D eigenvalue weighted by atomic mass is 10.2. The highest BCUT2D eigenvalue weighted by molar-refractivity contribution is 5.44. The molecule has 2 heterocycles. The summed E-state index contributed by atoms with van der Waals surface area (Å²) >= 11 is 0. The average Bonchev–Trinajstić information content (AvgIpc) is 3.04. The molecule has 102 valence electrons. The van der Waals surface area contributed by atoms with Crippen molar-refractivity contribution in [1.82, 2.24) is 9.88 Å². The Hall–Kier alpha value is -2.45. The minimum Gasteiger partial charge on any atom is -0.454 e. The number of nitrogens with zero attached hydrogens (tertiary/aromatic N) is 2. The van der Waals surface area contributed by atoms with E-state index >= 15 is 0 Å². The lowest BCUT2D eigenvalue weighted by molar-refractivity contribution is 0.174. The number of nitrogens with one attached hydrogen (secondary N) is 1. The summed E-state index contributed by atoms with van der Waals surface area (Å²) in [7, 11) is 1.87. The first kappa shape index (κ1) is 12.6. The summed E-state index contributed by atoms with van der Waals surface area (Å²) in [4.78, 5) is 0. The largest absolute Gasteiger partial charge is 0.454 e. The summed E-state index contributed by atoms with van der Waals surface area (Å²) in [6.45, 7) is 1.77. The Morgan fingerprint density at radius 2 is 2.00 bits per heavy atom. The molecular formula is C15H15N3O2. The fourth-order valence-corrected chi connectivity index (χ4v) is 2.24. The van der Waals surface area contributed by atoms with Gasteiger partial charge in [-0.2, -0.15) is 5.26 Å². The molecule has 0 fully saturated rings. The van der Waals surface area contributed by atoms with Gasteiger partial charge in [0.2, 0.25) is 6.79 Å². The quantitative estimate of drug-likeness (QED) is 0.921. The van der Waals surface area contributed by atoms with Crippen LogP contribution in [-0.2, 0) is 20.1 Å². The van der Waals surface area contributed by atoms with Crippen molar-refractivity contribution in [3.63, 3.8) is 0 Å². The summed E-state index contributed by atoms with van der Waals surface area (Å²) in [5, 5.41) is 12.3. The number of nitriles is 1. The molecule has 5 heteroatoms. The minimum absolute atomic E-state index is 0.299. The Kier molecular flexibility index (Phi) is 3.32. The number of benzene rings is 1. The predicted octanol–water partition coefficient (Wildman–Crippen LogP) is 1.92. The molecule has 1 aliphatic heterocycles. The molecule has 0 radical (unpaired) electrons. The zero-order chi connectivity index (χ0) is 13.9. The lowest BCUT2D eigenvalue weighted by Crippen LogP contribution is -2.12. The highest BCUT2D eigenvalue weighted by Gasteiger charge is 2.12. The summed E-state index contributed by atoms with van der Waals surface area (Å²) in [5.41, 5.74) is 2.92. The van der Waals surface area contributed by atoms with Gasteiger partial charge in [-0.05, 0) is 29.3 Å². The van der Waals surface area contributed by atoms with Crippen LogP contribution in [0.5, 0.6) is 11.5 Å². The number of fused-ring (bicyclic) bond motifs is 1. The van der Waals surface area contributed by atoms with Gasteiger partial charge in [-0.25, -0.2) is 0 Å². The number of aryl methyl sites for hydroxylation is 1. The molecule has 0 amide bonds. The van der Waals surface area contributed by atoms with E-state index < -0.39 is 0 Å². The summed E-state index contributed by atoms with van der Waals surface area (Å²) in [6, 6.07) is 9.99. The normalized spacial score (nSPS) is 12.4. The molecule has 3 rings (SSSR count). The second-order valence-corrected chi connectivity index (χ2v) is 4.75. The number of aromatic nitrogens is 1. The van der Waals surface area contributed by atoms with E-state index in [4.69, 9.17) is 14.7 Å². The van der Waals surface area contributed by atoms with Gasteiger partial charge < -0.3 is 19.4 Å². The van der Waals surface area contributed by atoms with E-state index in [1.165, 1.54) is 0 Å². The number of hydrogen-bond acceptors (Lipinski definition) is 4. The maximum Gasteiger partial charge on any atom is 0.231 e. The van der Waals surface area contributed by atoms with Gasteiger partial charge in [0.05, 0.1) is 0 Å². The van der Waals surface area contributed by atoms with Crippen LogP contribution in [0.25, 0.3) is 0 Å². The van der Waals surface area contributed by atoms with E-state index in [-0.39, 0.29) is 0 Å². The van der Waals surface area contributed by atoms with Crippen LogP contribution in [0.3, 0.4) is 0 Å². The molecule has 1 aromatic carbocycles. The summed E-state index contributed by atoms with van der Waals surface area (Å²) in [5.74, 6) is 1.60. The highest BCUT2D eigenvalue weighted by Crippen LogP contribution is 2.32. The molecule has 0 spiro atoms. The third kappa shape index (κ3) is 2.46. The first-order valence-electron chi connectivity index (χ1n) is 6.41. The minimum atomic E-state index is 0.299. The maximum atomic E-state index is 8.91. The number of rotatable bonds is 4. The third-order valence-electron chi connectivity index (χ3n) is 3.27.